The SMILES string of the molecule is CC(C1C2CN(C(=O)Nc3ccccc3)CC21)N(Cc1cccc(OC(F)(F)F)c1)C(=O)c1cn(C)cn1. The van der Waals surface area contributed by atoms with Gasteiger partial charge in [-0.25, -0.2) is 9.78 Å². The van der Waals surface area contributed by atoms with Crippen molar-refractivity contribution in [1.29, 1.82) is 0 Å². The largest absolute Gasteiger partial charge is 0.573 e. The van der Waals surface area contributed by atoms with Crippen LogP contribution in [0, 0.1) is 17.8 Å². The topological polar surface area (TPSA) is 79.7 Å². The lowest BCUT2D eigenvalue weighted by atomic mass is 10.1. The second kappa shape index (κ2) is 10.0. The molecular weight excluding hydrogens is 499 g/mol. The first-order valence-electron chi connectivity index (χ1n) is 12.3. The van der Waals surface area contributed by atoms with E-state index in [4.69, 9.17) is 0 Å². The molecule has 0 bridgehead atoms. The van der Waals surface area contributed by atoms with E-state index < -0.39 is 6.36 Å². The molecule has 38 heavy (non-hydrogen) atoms. The molecule has 3 aromatic rings. The average Bonchev–Trinajstić information content (AvgIpc) is 3.17. The number of para-hydroxylation sites is 1. The second-order valence-electron chi connectivity index (χ2n) is 9.90. The molecule has 3 unspecified atom stereocenters. The highest BCUT2D eigenvalue weighted by atomic mass is 19.4. The lowest BCUT2D eigenvalue weighted by Crippen LogP contribution is -2.43. The van der Waals surface area contributed by atoms with Crippen LogP contribution < -0.4 is 10.1 Å². The van der Waals surface area contributed by atoms with Gasteiger partial charge in [-0.05, 0) is 54.5 Å². The Morgan fingerprint density at radius 1 is 1.13 bits per heavy atom. The molecule has 1 saturated heterocycles. The van der Waals surface area contributed by atoms with Crippen molar-refractivity contribution in [1.82, 2.24) is 19.4 Å². The van der Waals surface area contributed by atoms with Crippen molar-refractivity contribution in [2.75, 3.05) is 18.4 Å². The minimum absolute atomic E-state index is 0.0970. The van der Waals surface area contributed by atoms with E-state index >= 15 is 0 Å². The maximum absolute atomic E-state index is 13.5. The zero-order valence-electron chi connectivity index (χ0n) is 20.9. The van der Waals surface area contributed by atoms with Crippen molar-refractivity contribution in [3.05, 3.63) is 78.4 Å². The highest BCUT2D eigenvalue weighted by molar-refractivity contribution is 5.92. The van der Waals surface area contributed by atoms with Gasteiger partial charge in [-0.2, -0.15) is 0 Å². The van der Waals surface area contributed by atoms with Gasteiger partial charge in [0.1, 0.15) is 11.4 Å². The van der Waals surface area contributed by atoms with E-state index in [0.717, 1.165) is 5.69 Å². The molecule has 1 aliphatic heterocycles. The van der Waals surface area contributed by atoms with Crippen LogP contribution in [0.15, 0.2) is 67.1 Å². The lowest BCUT2D eigenvalue weighted by molar-refractivity contribution is -0.274. The monoisotopic (exact) mass is 527 g/mol. The Bertz CT molecular complexity index is 1300. The molecule has 3 amide bonds. The summed E-state index contributed by atoms with van der Waals surface area (Å²) in [5.41, 5.74) is 1.50. The summed E-state index contributed by atoms with van der Waals surface area (Å²) >= 11 is 0. The van der Waals surface area contributed by atoms with E-state index in [1.807, 2.05) is 37.3 Å². The van der Waals surface area contributed by atoms with Gasteiger partial charge >= 0.3 is 12.4 Å². The number of aryl methyl sites for hydroxylation is 1. The molecule has 2 fully saturated rings. The maximum Gasteiger partial charge on any atom is 0.573 e. The molecule has 1 saturated carbocycles. The number of amides is 3. The fourth-order valence-corrected chi connectivity index (χ4v) is 5.49. The summed E-state index contributed by atoms with van der Waals surface area (Å²) in [6, 6.07) is 14.5. The van der Waals surface area contributed by atoms with Crippen LogP contribution in [0.4, 0.5) is 23.7 Å². The first-order chi connectivity index (χ1) is 18.1. The zero-order chi connectivity index (χ0) is 27.0. The zero-order valence-corrected chi connectivity index (χ0v) is 20.9. The van der Waals surface area contributed by atoms with Crippen molar-refractivity contribution in [3.8, 4) is 5.75 Å². The molecule has 2 aliphatic rings. The minimum Gasteiger partial charge on any atom is -0.406 e. The molecule has 8 nitrogen and oxygen atoms in total. The first-order valence-corrected chi connectivity index (χ1v) is 12.3. The predicted molar refractivity (Wildman–Crippen MR) is 133 cm³/mol. The molecule has 3 atom stereocenters. The summed E-state index contributed by atoms with van der Waals surface area (Å²) in [6.07, 6.45) is -1.66. The van der Waals surface area contributed by atoms with Crippen LogP contribution in [-0.2, 0) is 13.6 Å². The number of halogens is 3. The smallest absolute Gasteiger partial charge is 0.406 e. The van der Waals surface area contributed by atoms with Gasteiger partial charge in [-0.1, -0.05) is 30.3 Å². The number of nitrogens with zero attached hydrogens (tertiary/aromatic N) is 4. The van der Waals surface area contributed by atoms with Crippen molar-refractivity contribution < 1.29 is 27.5 Å². The number of carbonyl (C=O) groups is 2. The number of imidazole rings is 1. The molecule has 0 radical (unpaired) electrons. The van der Waals surface area contributed by atoms with Crippen LogP contribution in [0.1, 0.15) is 23.0 Å². The Kier molecular flexibility index (Phi) is 6.77. The molecule has 2 heterocycles. The maximum atomic E-state index is 13.5. The summed E-state index contributed by atoms with van der Waals surface area (Å²) in [5, 5.41) is 2.91. The molecule has 2 aromatic carbocycles. The van der Waals surface area contributed by atoms with Gasteiger partial charge in [0.15, 0.2) is 0 Å². The average molecular weight is 528 g/mol. The summed E-state index contributed by atoms with van der Waals surface area (Å²) < 4.78 is 44.0. The second-order valence-corrected chi connectivity index (χ2v) is 9.90. The third kappa shape index (κ3) is 5.61. The summed E-state index contributed by atoms with van der Waals surface area (Å²) in [4.78, 5) is 33.9. The van der Waals surface area contributed by atoms with Crippen LogP contribution in [-0.4, -0.2) is 56.8 Å². The highest BCUT2D eigenvalue weighted by Gasteiger charge is 2.60. The predicted octanol–water partition coefficient (Wildman–Crippen LogP) is 4.76. The number of alkyl halides is 3. The number of hydrogen-bond donors (Lipinski definition) is 1. The lowest BCUT2D eigenvalue weighted by Gasteiger charge is -2.31. The number of aromatic nitrogens is 2. The Labute approximate surface area is 218 Å². The molecular formula is C27H28F3N5O3. The number of benzene rings is 2. The Hall–Kier alpha value is -4.02. The van der Waals surface area contributed by atoms with Crippen molar-refractivity contribution in [2.45, 2.75) is 25.9 Å². The number of anilines is 1. The van der Waals surface area contributed by atoms with Crippen molar-refractivity contribution in [2.24, 2.45) is 24.8 Å². The van der Waals surface area contributed by atoms with E-state index in [1.165, 1.54) is 24.5 Å². The first kappa shape index (κ1) is 25.6. The van der Waals surface area contributed by atoms with Crippen LogP contribution in [0.25, 0.3) is 0 Å². The van der Waals surface area contributed by atoms with Crippen LogP contribution >= 0.6 is 0 Å². The van der Waals surface area contributed by atoms with E-state index in [9.17, 15) is 22.8 Å². The number of nitrogens with one attached hydrogen (secondary N) is 1. The number of ether oxygens (including phenoxy) is 1. The number of fused-ring (bicyclic) bond motifs is 1. The van der Waals surface area contributed by atoms with E-state index in [0.29, 0.717) is 18.7 Å². The summed E-state index contributed by atoms with van der Waals surface area (Å²) in [6.45, 7) is 3.21. The number of hydrogen-bond acceptors (Lipinski definition) is 4. The number of rotatable bonds is 7. The molecule has 200 valence electrons. The van der Waals surface area contributed by atoms with Crippen molar-refractivity contribution in [3.63, 3.8) is 0 Å². The molecule has 1 aliphatic carbocycles. The number of urea groups is 1. The van der Waals surface area contributed by atoms with E-state index in [2.05, 4.69) is 15.0 Å². The molecule has 0 spiro atoms. The highest BCUT2D eigenvalue weighted by Crippen LogP contribution is 2.54. The van der Waals surface area contributed by atoms with Gasteiger partial charge in [0.25, 0.3) is 5.91 Å². The van der Waals surface area contributed by atoms with Crippen LogP contribution in [0.2, 0.25) is 0 Å². The summed E-state index contributed by atoms with van der Waals surface area (Å²) in [5.74, 6) is 0.00842. The Morgan fingerprint density at radius 2 is 1.84 bits per heavy atom. The van der Waals surface area contributed by atoms with Gasteiger partial charge in [0.2, 0.25) is 0 Å². The number of piperidine rings is 1. The van der Waals surface area contributed by atoms with Crippen molar-refractivity contribution >= 4 is 17.6 Å². The van der Waals surface area contributed by atoms with E-state index in [1.54, 1.807) is 33.7 Å². The third-order valence-electron chi connectivity index (χ3n) is 7.29. The third-order valence-corrected chi connectivity index (χ3v) is 7.29. The summed E-state index contributed by atoms with van der Waals surface area (Å²) in [7, 11) is 1.76. The number of likely N-dealkylation sites (tertiary alicyclic amines) is 1. The number of carbonyl (C=O) groups excluding carboxylic acids is 2. The Balaban J connectivity index is 1.29. The quantitative estimate of drug-likeness (QED) is 0.481. The molecule has 5 rings (SSSR count). The fourth-order valence-electron chi connectivity index (χ4n) is 5.49. The van der Waals surface area contributed by atoms with Gasteiger partial charge in [0.05, 0.1) is 6.33 Å². The van der Waals surface area contributed by atoms with Gasteiger partial charge in [-0.3, -0.25) is 4.79 Å². The minimum atomic E-state index is -4.81. The van der Waals surface area contributed by atoms with Gasteiger partial charge in [-0.15, -0.1) is 13.2 Å². The normalized spacial score (nSPS) is 21.0. The standard InChI is InChI=1S/C27H28F3N5O3/c1-17(24-21-13-34(14-22(21)24)26(37)32-19-8-4-3-5-9-19)35(25(36)23-15-33(2)16-31-23)12-18-7-6-10-20(11-18)38-27(28,29)30/h3-11,15-17,21-22,24H,12-14H2,1-2H3,(H,32,37). The van der Waals surface area contributed by atoms with Gasteiger partial charge in [0, 0.05) is 44.6 Å². The van der Waals surface area contributed by atoms with Crippen LogP contribution in [0.5, 0.6) is 5.75 Å². The molecule has 11 heteroatoms. The molecule has 1 aromatic heterocycles. The molecule has 1 N–H and O–H groups in total. The van der Waals surface area contributed by atoms with E-state index in [-0.39, 0.29) is 53.7 Å². The van der Waals surface area contributed by atoms with Gasteiger partial charge < -0.3 is 24.4 Å². The Morgan fingerprint density at radius 3 is 2.47 bits per heavy atom. The van der Waals surface area contributed by atoms with Crippen LogP contribution in [0.3, 0.4) is 0 Å². The fraction of sp³-hybridized carbons (Fsp3) is 0.370.